The Hall–Kier alpha value is -1.66. The van der Waals surface area contributed by atoms with Crippen LogP contribution in [-0.2, 0) is 16.1 Å². The van der Waals surface area contributed by atoms with Crippen LogP contribution in [0.5, 0.6) is 0 Å². The van der Waals surface area contributed by atoms with Gasteiger partial charge in [0.05, 0.1) is 9.35 Å². The molecule has 0 atom stereocenters. The smallest absolute Gasteiger partial charge is 0.338 e. The number of thiophene rings is 1. The molecule has 0 radical (unpaired) electrons. The number of ether oxygens (including phenoxy) is 1. The standard InChI is InChI=1S/C16H14BrNO3S/c17-14-6-10(9-22-14)8-21-16(20)12-2-1-3-13(7-12)18-15(19)11-4-5-11/h1-3,6-7,9,11H,4-5,8H2,(H,18,19). The van der Waals surface area contributed by atoms with E-state index in [4.69, 9.17) is 4.74 Å². The van der Waals surface area contributed by atoms with Crippen molar-refractivity contribution in [2.24, 2.45) is 5.92 Å². The topological polar surface area (TPSA) is 55.4 Å². The highest BCUT2D eigenvalue weighted by molar-refractivity contribution is 9.11. The molecule has 0 aliphatic heterocycles. The number of rotatable bonds is 5. The Morgan fingerprint density at radius 3 is 2.82 bits per heavy atom. The summed E-state index contributed by atoms with van der Waals surface area (Å²) < 4.78 is 6.28. The highest BCUT2D eigenvalue weighted by Gasteiger charge is 2.29. The van der Waals surface area contributed by atoms with Crippen LogP contribution < -0.4 is 5.32 Å². The van der Waals surface area contributed by atoms with Gasteiger partial charge in [-0.3, -0.25) is 4.79 Å². The molecule has 1 amide bonds. The Morgan fingerprint density at radius 2 is 2.14 bits per heavy atom. The Morgan fingerprint density at radius 1 is 1.32 bits per heavy atom. The molecular formula is C16H14BrNO3S. The molecule has 114 valence electrons. The molecule has 6 heteroatoms. The minimum atomic E-state index is -0.398. The normalized spacial score (nSPS) is 13.7. The quantitative estimate of drug-likeness (QED) is 0.791. The van der Waals surface area contributed by atoms with E-state index in [2.05, 4.69) is 21.2 Å². The molecule has 1 heterocycles. The predicted octanol–water partition coefficient (Wildman–Crippen LogP) is 4.22. The summed E-state index contributed by atoms with van der Waals surface area (Å²) in [4.78, 5) is 23.8. The summed E-state index contributed by atoms with van der Waals surface area (Å²) in [7, 11) is 0. The van der Waals surface area contributed by atoms with Gasteiger partial charge in [-0.25, -0.2) is 4.79 Å². The van der Waals surface area contributed by atoms with Gasteiger partial charge in [-0.1, -0.05) is 6.07 Å². The Balaban J connectivity index is 1.60. The molecule has 0 bridgehead atoms. The molecule has 2 aromatic rings. The minimum Gasteiger partial charge on any atom is -0.457 e. The fourth-order valence-electron chi connectivity index (χ4n) is 1.97. The van der Waals surface area contributed by atoms with Gasteiger partial charge in [0.2, 0.25) is 5.91 Å². The van der Waals surface area contributed by atoms with Crippen LogP contribution in [-0.4, -0.2) is 11.9 Å². The zero-order chi connectivity index (χ0) is 15.5. The average Bonchev–Trinajstić information content (AvgIpc) is 3.28. The lowest BCUT2D eigenvalue weighted by Crippen LogP contribution is -2.14. The molecule has 3 rings (SSSR count). The molecule has 1 aliphatic rings. The molecule has 1 fully saturated rings. The summed E-state index contributed by atoms with van der Waals surface area (Å²) in [6.45, 7) is 0.236. The molecule has 0 spiro atoms. The van der Waals surface area contributed by atoms with Crippen molar-refractivity contribution in [3.63, 3.8) is 0 Å². The summed E-state index contributed by atoms with van der Waals surface area (Å²) in [6.07, 6.45) is 1.90. The van der Waals surface area contributed by atoms with Crippen molar-refractivity contribution >= 4 is 44.8 Å². The largest absolute Gasteiger partial charge is 0.457 e. The number of esters is 1. The fraction of sp³-hybridized carbons (Fsp3) is 0.250. The first kappa shape index (κ1) is 15.2. The van der Waals surface area contributed by atoms with E-state index in [0.717, 1.165) is 22.2 Å². The van der Waals surface area contributed by atoms with Gasteiger partial charge in [-0.2, -0.15) is 0 Å². The van der Waals surface area contributed by atoms with Gasteiger partial charge >= 0.3 is 5.97 Å². The van der Waals surface area contributed by atoms with Gasteiger partial charge in [0.25, 0.3) is 0 Å². The first-order valence-electron chi connectivity index (χ1n) is 6.93. The van der Waals surface area contributed by atoms with E-state index in [1.807, 2.05) is 11.4 Å². The maximum absolute atomic E-state index is 12.1. The summed E-state index contributed by atoms with van der Waals surface area (Å²) in [6, 6.07) is 8.75. The molecule has 1 aromatic carbocycles. The summed E-state index contributed by atoms with van der Waals surface area (Å²) >= 11 is 4.92. The molecule has 0 saturated heterocycles. The second-order valence-corrected chi connectivity index (χ2v) is 7.47. The van der Waals surface area contributed by atoms with Crippen molar-refractivity contribution in [2.75, 3.05) is 5.32 Å². The van der Waals surface area contributed by atoms with Crippen molar-refractivity contribution in [3.05, 3.63) is 50.6 Å². The van der Waals surface area contributed by atoms with Gasteiger partial charge in [0.1, 0.15) is 6.61 Å². The van der Waals surface area contributed by atoms with Crippen LogP contribution in [0.2, 0.25) is 0 Å². The molecule has 1 saturated carbocycles. The van der Waals surface area contributed by atoms with E-state index in [1.165, 1.54) is 0 Å². The third-order valence-corrected chi connectivity index (χ3v) is 4.86. The predicted molar refractivity (Wildman–Crippen MR) is 88.9 cm³/mol. The fourth-order valence-corrected chi connectivity index (χ4v) is 3.16. The molecule has 1 aromatic heterocycles. The number of carbonyl (C=O) groups is 2. The maximum atomic E-state index is 12.1. The third-order valence-electron chi connectivity index (χ3n) is 3.31. The van der Waals surface area contributed by atoms with Gasteiger partial charge in [-0.15, -0.1) is 11.3 Å². The number of hydrogen-bond donors (Lipinski definition) is 1. The van der Waals surface area contributed by atoms with Crippen LogP contribution in [0.25, 0.3) is 0 Å². The van der Waals surface area contributed by atoms with Crippen LogP contribution in [0.3, 0.4) is 0 Å². The van der Waals surface area contributed by atoms with E-state index in [0.29, 0.717) is 11.3 Å². The zero-order valence-corrected chi connectivity index (χ0v) is 14.1. The van der Waals surface area contributed by atoms with Gasteiger partial charge in [0, 0.05) is 17.2 Å². The van der Waals surface area contributed by atoms with E-state index in [9.17, 15) is 9.59 Å². The number of benzene rings is 1. The summed E-state index contributed by atoms with van der Waals surface area (Å²) in [5, 5.41) is 4.76. The number of halogens is 1. The second kappa shape index (κ2) is 6.62. The van der Waals surface area contributed by atoms with Gasteiger partial charge < -0.3 is 10.1 Å². The van der Waals surface area contributed by atoms with Crippen molar-refractivity contribution in [1.82, 2.24) is 0 Å². The monoisotopic (exact) mass is 379 g/mol. The van der Waals surface area contributed by atoms with E-state index in [1.54, 1.807) is 35.6 Å². The second-order valence-electron chi connectivity index (χ2n) is 5.18. The van der Waals surface area contributed by atoms with Crippen LogP contribution in [0.4, 0.5) is 5.69 Å². The summed E-state index contributed by atoms with van der Waals surface area (Å²) in [5.74, 6) is -0.244. The minimum absolute atomic E-state index is 0.0219. The number of carbonyl (C=O) groups excluding carboxylic acids is 2. The van der Waals surface area contributed by atoms with Crippen LogP contribution in [0, 0.1) is 5.92 Å². The SMILES string of the molecule is O=C(OCc1csc(Br)c1)c1cccc(NC(=O)C2CC2)c1. The highest BCUT2D eigenvalue weighted by atomic mass is 79.9. The van der Waals surface area contributed by atoms with Gasteiger partial charge in [-0.05, 0) is 58.4 Å². The van der Waals surface area contributed by atoms with E-state index < -0.39 is 5.97 Å². The maximum Gasteiger partial charge on any atom is 0.338 e. The zero-order valence-electron chi connectivity index (χ0n) is 11.7. The highest BCUT2D eigenvalue weighted by Crippen LogP contribution is 2.30. The first-order valence-corrected chi connectivity index (χ1v) is 8.60. The molecule has 4 nitrogen and oxygen atoms in total. The lowest BCUT2D eigenvalue weighted by molar-refractivity contribution is -0.117. The van der Waals surface area contributed by atoms with Crippen molar-refractivity contribution in [2.45, 2.75) is 19.4 Å². The molecule has 22 heavy (non-hydrogen) atoms. The van der Waals surface area contributed by atoms with E-state index >= 15 is 0 Å². The van der Waals surface area contributed by atoms with Gasteiger partial charge in [0.15, 0.2) is 0 Å². The average molecular weight is 380 g/mol. The molecule has 0 unspecified atom stereocenters. The number of amides is 1. The Kier molecular flexibility index (Phi) is 4.59. The van der Waals surface area contributed by atoms with Crippen LogP contribution in [0.1, 0.15) is 28.8 Å². The Labute approximate surface area is 140 Å². The summed E-state index contributed by atoms with van der Waals surface area (Å²) in [5.41, 5.74) is 2.01. The molecule has 1 aliphatic carbocycles. The Bertz CT molecular complexity index is 709. The first-order chi connectivity index (χ1) is 10.6. The number of nitrogens with one attached hydrogen (secondary N) is 1. The lowest BCUT2D eigenvalue weighted by atomic mass is 10.2. The van der Waals surface area contributed by atoms with Crippen molar-refractivity contribution in [1.29, 1.82) is 0 Å². The molecule has 1 N–H and O–H groups in total. The third kappa shape index (κ3) is 3.96. The van der Waals surface area contributed by atoms with Crippen molar-refractivity contribution in [3.8, 4) is 0 Å². The molecular weight excluding hydrogens is 366 g/mol. The van der Waals surface area contributed by atoms with E-state index in [-0.39, 0.29) is 18.4 Å². The number of hydrogen-bond acceptors (Lipinski definition) is 4. The van der Waals surface area contributed by atoms with Crippen LogP contribution >= 0.6 is 27.3 Å². The van der Waals surface area contributed by atoms with Crippen molar-refractivity contribution < 1.29 is 14.3 Å². The lowest BCUT2D eigenvalue weighted by Gasteiger charge is -2.07. The van der Waals surface area contributed by atoms with Crippen LogP contribution in [0.15, 0.2) is 39.5 Å². The number of anilines is 1.